The van der Waals surface area contributed by atoms with Crippen LogP contribution >= 0.6 is 10.7 Å². The Morgan fingerprint density at radius 2 is 2.00 bits per heavy atom. The number of phenols is 1. The highest BCUT2D eigenvalue weighted by Crippen LogP contribution is 2.24. The van der Waals surface area contributed by atoms with Gasteiger partial charge in [0.25, 0.3) is 9.05 Å². The molecule has 7 heteroatoms. The first-order chi connectivity index (χ1) is 8.21. The molecule has 0 saturated heterocycles. The minimum Gasteiger partial charge on any atom is -0.507 e. The van der Waals surface area contributed by atoms with Gasteiger partial charge in [-0.15, -0.1) is 0 Å². The molecule has 0 spiro atoms. The van der Waals surface area contributed by atoms with Crippen LogP contribution in [-0.4, -0.2) is 38.3 Å². The molecule has 0 heterocycles. The Bertz CT molecular complexity index is 593. The van der Waals surface area contributed by atoms with Crippen molar-refractivity contribution in [2.75, 3.05) is 14.1 Å². The molecule has 5 nitrogen and oxygen atoms in total. The summed E-state index contributed by atoms with van der Waals surface area (Å²) in [7, 11) is 4.69. The number of benzene rings is 1. The largest absolute Gasteiger partial charge is 0.507 e. The molecule has 1 N–H and O–H groups in total. The topological polar surface area (TPSA) is 74.7 Å². The molecular formula is C11H12ClNO4S. The third kappa shape index (κ3) is 3.75. The summed E-state index contributed by atoms with van der Waals surface area (Å²) < 4.78 is 22.3. The molecule has 0 aliphatic heterocycles. The summed E-state index contributed by atoms with van der Waals surface area (Å²) in [5.74, 6) is -0.809. The maximum Gasteiger partial charge on any atom is 0.261 e. The van der Waals surface area contributed by atoms with Crippen LogP contribution in [0.3, 0.4) is 0 Å². The van der Waals surface area contributed by atoms with Crippen LogP contribution in [0.4, 0.5) is 0 Å². The number of allylic oxidation sites excluding steroid dienone is 1. The normalized spacial score (nSPS) is 11.7. The molecule has 0 saturated carbocycles. The number of carbonyl (C=O) groups excluding carboxylic acids is 1. The Balaban J connectivity index is 3.20. The van der Waals surface area contributed by atoms with Gasteiger partial charge < -0.3 is 10.0 Å². The van der Waals surface area contributed by atoms with Gasteiger partial charge in [-0.3, -0.25) is 4.79 Å². The summed E-state index contributed by atoms with van der Waals surface area (Å²) in [5.41, 5.74) is -0.116. The molecule has 18 heavy (non-hydrogen) atoms. The third-order valence-corrected chi connectivity index (χ3v) is 3.39. The molecule has 0 aliphatic rings. The van der Waals surface area contributed by atoms with Gasteiger partial charge in [0.1, 0.15) is 5.75 Å². The van der Waals surface area contributed by atoms with Crippen LogP contribution < -0.4 is 0 Å². The van der Waals surface area contributed by atoms with E-state index in [2.05, 4.69) is 0 Å². The molecule has 1 rings (SSSR count). The summed E-state index contributed by atoms with van der Waals surface area (Å²) in [6.07, 6.45) is 2.71. The number of hydrogen-bond donors (Lipinski definition) is 1. The maximum absolute atomic E-state index is 11.7. The molecule has 0 aromatic heterocycles. The van der Waals surface area contributed by atoms with Crippen LogP contribution in [0, 0.1) is 0 Å². The van der Waals surface area contributed by atoms with E-state index in [-0.39, 0.29) is 16.2 Å². The van der Waals surface area contributed by atoms with E-state index in [9.17, 15) is 18.3 Å². The second kappa shape index (κ2) is 5.41. The van der Waals surface area contributed by atoms with Crippen molar-refractivity contribution in [1.29, 1.82) is 0 Å². The van der Waals surface area contributed by atoms with E-state index in [1.54, 1.807) is 19.0 Å². The molecule has 98 valence electrons. The number of nitrogens with zero attached hydrogens (tertiary/aromatic N) is 1. The smallest absolute Gasteiger partial charge is 0.261 e. The van der Waals surface area contributed by atoms with E-state index in [4.69, 9.17) is 10.7 Å². The minimum atomic E-state index is -3.93. The minimum absolute atomic E-state index is 0.116. The summed E-state index contributed by atoms with van der Waals surface area (Å²) in [5, 5.41) is 9.53. The molecule has 0 bridgehead atoms. The molecular weight excluding hydrogens is 278 g/mol. The molecule has 1 aromatic rings. The van der Waals surface area contributed by atoms with Gasteiger partial charge in [-0.25, -0.2) is 8.42 Å². The average Bonchev–Trinajstić information content (AvgIpc) is 2.24. The fourth-order valence-corrected chi connectivity index (χ4v) is 1.95. The third-order valence-electron chi connectivity index (χ3n) is 2.04. The van der Waals surface area contributed by atoms with Crippen molar-refractivity contribution in [2.24, 2.45) is 0 Å². The van der Waals surface area contributed by atoms with E-state index < -0.39 is 14.8 Å². The van der Waals surface area contributed by atoms with Crippen molar-refractivity contribution in [3.63, 3.8) is 0 Å². The van der Waals surface area contributed by atoms with Gasteiger partial charge in [-0.2, -0.15) is 0 Å². The van der Waals surface area contributed by atoms with Crippen LogP contribution in [0.2, 0.25) is 0 Å². The highest BCUT2D eigenvalue weighted by Gasteiger charge is 2.15. The maximum atomic E-state index is 11.7. The molecule has 0 amide bonds. The Morgan fingerprint density at radius 3 is 2.50 bits per heavy atom. The highest BCUT2D eigenvalue weighted by atomic mass is 35.7. The Hall–Kier alpha value is -1.53. The highest BCUT2D eigenvalue weighted by molar-refractivity contribution is 8.13. The Kier molecular flexibility index (Phi) is 4.37. The summed E-state index contributed by atoms with van der Waals surface area (Å²) in [6, 6.07) is 3.29. The first kappa shape index (κ1) is 14.5. The van der Waals surface area contributed by atoms with Crippen LogP contribution in [-0.2, 0) is 9.05 Å². The summed E-state index contributed by atoms with van der Waals surface area (Å²) in [4.78, 5) is 13.1. The summed E-state index contributed by atoms with van der Waals surface area (Å²) >= 11 is 0. The van der Waals surface area contributed by atoms with Gasteiger partial charge >= 0.3 is 0 Å². The van der Waals surface area contributed by atoms with Crippen LogP contribution in [0.25, 0.3) is 0 Å². The van der Waals surface area contributed by atoms with E-state index in [1.807, 2.05) is 0 Å². The van der Waals surface area contributed by atoms with E-state index in [1.165, 1.54) is 12.3 Å². The molecule has 0 atom stereocenters. The van der Waals surface area contributed by atoms with Gasteiger partial charge in [0.2, 0.25) is 0 Å². The lowest BCUT2D eigenvalue weighted by Crippen LogP contribution is -2.04. The number of halogens is 1. The summed E-state index contributed by atoms with van der Waals surface area (Å²) in [6.45, 7) is 0. The average molecular weight is 290 g/mol. The van der Waals surface area contributed by atoms with Gasteiger partial charge in [-0.1, -0.05) is 0 Å². The number of hydrogen-bond acceptors (Lipinski definition) is 5. The van der Waals surface area contributed by atoms with Gasteiger partial charge in [-0.05, 0) is 18.2 Å². The van der Waals surface area contributed by atoms with Crippen LogP contribution in [0.5, 0.6) is 5.75 Å². The molecule has 0 unspecified atom stereocenters. The number of rotatable bonds is 4. The SMILES string of the molecule is CN(C)C=CC(=O)c1cc(S(=O)(=O)Cl)ccc1O. The van der Waals surface area contributed by atoms with Gasteiger partial charge in [0, 0.05) is 37.1 Å². The van der Waals surface area contributed by atoms with Gasteiger partial charge in [0.05, 0.1) is 10.5 Å². The number of carbonyl (C=O) groups is 1. The standard InChI is InChI=1S/C11H12ClNO4S/c1-13(2)6-5-11(15)9-7-8(18(12,16)17)3-4-10(9)14/h3-7,14H,1-2H3. The number of ketones is 1. The lowest BCUT2D eigenvalue weighted by atomic mass is 10.1. The van der Waals surface area contributed by atoms with Crippen molar-refractivity contribution in [1.82, 2.24) is 4.90 Å². The molecule has 0 aliphatic carbocycles. The van der Waals surface area contributed by atoms with Crippen molar-refractivity contribution >= 4 is 25.5 Å². The lowest BCUT2D eigenvalue weighted by molar-refractivity contribution is 0.104. The van der Waals surface area contributed by atoms with Gasteiger partial charge in [0.15, 0.2) is 5.78 Å². The van der Waals surface area contributed by atoms with Crippen LogP contribution in [0.15, 0.2) is 35.4 Å². The van der Waals surface area contributed by atoms with E-state index in [0.717, 1.165) is 18.2 Å². The second-order valence-electron chi connectivity index (χ2n) is 3.76. The Labute approximate surface area is 110 Å². The van der Waals surface area contributed by atoms with Crippen molar-refractivity contribution in [3.8, 4) is 5.75 Å². The predicted molar refractivity (Wildman–Crippen MR) is 68.3 cm³/mol. The number of aromatic hydroxyl groups is 1. The zero-order valence-corrected chi connectivity index (χ0v) is 11.4. The molecule has 1 aromatic carbocycles. The number of phenolic OH excluding ortho intramolecular Hbond substituents is 1. The Morgan fingerprint density at radius 1 is 1.39 bits per heavy atom. The van der Waals surface area contributed by atoms with Crippen LogP contribution in [0.1, 0.15) is 10.4 Å². The fraction of sp³-hybridized carbons (Fsp3) is 0.182. The van der Waals surface area contributed by atoms with E-state index >= 15 is 0 Å². The van der Waals surface area contributed by atoms with E-state index in [0.29, 0.717) is 0 Å². The fourth-order valence-electron chi connectivity index (χ4n) is 1.17. The predicted octanol–water partition coefficient (Wildman–Crippen LogP) is 1.58. The first-order valence-electron chi connectivity index (χ1n) is 4.88. The molecule has 0 radical (unpaired) electrons. The van der Waals surface area contributed by atoms with Crippen molar-refractivity contribution < 1.29 is 18.3 Å². The second-order valence-corrected chi connectivity index (χ2v) is 6.33. The monoisotopic (exact) mass is 289 g/mol. The van der Waals surface area contributed by atoms with Crippen molar-refractivity contribution in [3.05, 3.63) is 36.0 Å². The molecule has 0 fully saturated rings. The zero-order chi connectivity index (χ0) is 13.9. The quantitative estimate of drug-likeness (QED) is 0.517. The lowest BCUT2D eigenvalue weighted by Gasteiger charge is -2.05. The zero-order valence-electron chi connectivity index (χ0n) is 9.79. The first-order valence-corrected chi connectivity index (χ1v) is 7.19. The van der Waals surface area contributed by atoms with Crippen molar-refractivity contribution in [2.45, 2.75) is 4.90 Å².